The molecule has 0 aliphatic rings. The van der Waals surface area contributed by atoms with E-state index in [1.54, 1.807) is 25.3 Å². The Hall–Kier alpha value is -2.42. The summed E-state index contributed by atoms with van der Waals surface area (Å²) in [6.45, 7) is 0. The molecule has 2 aromatic carbocycles. The zero-order chi connectivity index (χ0) is 13.0. The number of carbonyl (C=O) groups excluding carboxylic acids is 2. The van der Waals surface area contributed by atoms with Gasteiger partial charge < -0.3 is 4.74 Å². The Morgan fingerprint density at radius 2 is 1.89 bits per heavy atom. The third-order valence-electron chi connectivity index (χ3n) is 2.67. The van der Waals surface area contributed by atoms with Crippen molar-refractivity contribution in [2.75, 3.05) is 7.11 Å². The molecule has 2 aromatic rings. The molecule has 90 valence electrons. The summed E-state index contributed by atoms with van der Waals surface area (Å²) in [6, 6.07) is 14.5. The molecule has 0 heterocycles. The molecule has 18 heavy (non-hydrogen) atoms. The average Bonchev–Trinajstić information content (AvgIpc) is 2.46. The van der Waals surface area contributed by atoms with Crippen LogP contribution in [0.5, 0.6) is 5.75 Å². The smallest absolute Gasteiger partial charge is 0.225 e. The highest BCUT2D eigenvalue weighted by Crippen LogP contribution is 2.29. The third kappa shape index (κ3) is 2.30. The summed E-state index contributed by atoms with van der Waals surface area (Å²) in [4.78, 5) is 21.9. The van der Waals surface area contributed by atoms with Gasteiger partial charge in [-0.25, -0.2) is 0 Å². The lowest BCUT2D eigenvalue weighted by atomic mass is 10.0. The van der Waals surface area contributed by atoms with Crippen LogP contribution in [0.2, 0.25) is 0 Å². The van der Waals surface area contributed by atoms with Gasteiger partial charge in [0.15, 0.2) is 6.29 Å². The first-order valence-electron chi connectivity index (χ1n) is 5.49. The number of aldehydes is 1. The van der Waals surface area contributed by atoms with Crippen molar-refractivity contribution in [1.29, 1.82) is 0 Å². The fourth-order valence-electron chi connectivity index (χ4n) is 1.79. The van der Waals surface area contributed by atoms with Crippen molar-refractivity contribution in [3.63, 3.8) is 0 Å². The second kappa shape index (κ2) is 5.27. The van der Waals surface area contributed by atoms with Crippen LogP contribution < -0.4 is 4.74 Å². The van der Waals surface area contributed by atoms with Crippen LogP contribution >= 0.6 is 0 Å². The van der Waals surface area contributed by atoms with Crippen LogP contribution in [-0.2, 0) is 4.79 Å². The molecule has 0 amide bonds. The van der Waals surface area contributed by atoms with Crippen LogP contribution in [0.25, 0.3) is 11.1 Å². The number of hydrogen-bond acceptors (Lipinski definition) is 3. The number of ether oxygens (including phenoxy) is 1. The molecule has 0 saturated heterocycles. The van der Waals surface area contributed by atoms with Gasteiger partial charge in [0.2, 0.25) is 5.78 Å². The first-order chi connectivity index (χ1) is 8.76. The van der Waals surface area contributed by atoms with E-state index in [0.29, 0.717) is 11.8 Å². The summed E-state index contributed by atoms with van der Waals surface area (Å²) in [6.07, 6.45) is 0.321. The van der Waals surface area contributed by atoms with Gasteiger partial charge in [0.05, 0.1) is 7.11 Å². The second-order valence-corrected chi connectivity index (χ2v) is 3.76. The Bertz CT molecular complexity index is 588. The Labute approximate surface area is 105 Å². The van der Waals surface area contributed by atoms with Crippen LogP contribution in [0.3, 0.4) is 0 Å². The van der Waals surface area contributed by atoms with E-state index < -0.39 is 5.78 Å². The van der Waals surface area contributed by atoms with E-state index in [0.717, 1.165) is 16.9 Å². The van der Waals surface area contributed by atoms with Crippen molar-refractivity contribution >= 4 is 12.1 Å². The lowest BCUT2D eigenvalue weighted by molar-refractivity contribution is -0.104. The van der Waals surface area contributed by atoms with E-state index in [1.165, 1.54) is 0 Å². The molecule has 3 nitrogen and oxygen atoms in total. The maximum atomic E-state index is 11.4. The van der Waals surface area contributed by atoms with Crippen molar-refractivity contribution in [2.45, 2.75) is 0 Å². The molecule has 0 atom stereocenters. The van der Waals surface area contributed by atoms with Gasteiger partial charge in [-0.3, -0.25) is 9.59 Å². The van der Waals surface area contributed by atoms with Gasteiger partial charge in [0.1, 0.15) is 5.75 Å². The summed E-state index contributed by atoms with van der Waals surface area (Å²) < 4.78 is 5.27. The summed E-state index contributed by atoms with van der Waals surface area (Å²) >= 11 is 0. The van der Waals surface area contributed by atoms with Crippen LogP contribution in [0.1, 0.15) is 10.4 Å². The molecule has 0 aliphatic carbocycles. The highest BCUT2D eigenvalue weighted by atomic mass is 16.5. The van der Waals surface area contributed by atoms with Crippen molar-refractivity contribution in [3.8, 4) is 16.9 Å². The van der Waals surface area contributed by atoms with Crippen LogP contribution in [0, 0.1) is 0 Å². The zero-order valence-corrected chi connectivity index (χ0v) is 9.92. The predicted octanol–water partition coefficient (Wildman–Crippen LogP) is 2.74. The number of carbonyl (C=O) groups is 2. The second-order valence-electron chi connectivity index (χ2n) is 3.76. The van der Waals surface area contributed by atoms with E-state index >= 15 is 0 Å². The van der Waals surface area contributed by atoms with E-state index in [-0.39, 0.29) is 0 Å². The molecular weight excluding hydrogens is 228 g/mol. The number of hydrogen-bond donors (Lipinski definition) is 0. The Morgan fingerprint density at radius 1 is 1.11 bits per heavy atom. The first-order valence-corrected chi connectivity index (χ1v) is 5.49. The Balaban J connectivity index is 2.51. The molecule has 0 aliphatic heterocycles. The van der Waals surface area contributed by atoms with Gasteiger partial charge in [0, 0.05) is 11.1 Å². The maximum absolute atomic E-state index is 11.4. The van der Waals surface area contributed by atoms with Gasteiger partial charge in [-0.05, 0) is 17.7 Å². The van der Waals surface area contributed by atoms with E-state index in [1.807, 2.05) is 30.3 Å². The van der Waals surface area contributed by atoms with Gasteiger partial charge in [0.25, 0.3) is 0 Å². The van der Waals surface area contributed by atoms with Gasteiger partial charge in [-0.15, -0.1) is 0 Å². The van der Waals surface area contributed by atoms with Crippen LogP contribution in [-0.4, -0.2) is 19.2 Å². The first kappa shape index (κ1) is 12.0. The molecule has 0 N–H and O–H groups in total. The fourth-order valence-corrected chi connectivity index (χ4v) is 1.79. The van der Waals surface area contributed by atoms with Crippen molar-refractivity contribution in [1.82, 2.24) is 0 Å². The molecule has 0 radical (unpaired) electrons. The highest BCUT2D eigenvalue weighted by Gasteiger charge is 2.08. The normalized spacial score (nSPS) is 9.83. The van der Waals surface area contributed by atoms with E-state index in [4.69, 9.17) is 4.74 Å². The van der Waals surface area contributed by atoms with Crippen molar-refractivity contribution < 1.29 is 14.3 Å². The standard InChI is InChI=1S/C15H12O3/c1-18-15-8-3-2-7-13(15)11-5-4-6-12(9-11)14(17)10-16/h2-10H,1H3. The molecule has 0 aromatic heterocycles. The number of para-hydroxylation sites is 1. The van der Waals surface area contributed by atoms with Gasteiger partial charge in [-0.2, -0.15) is 0 Å². The number of Topliss-reactive ketones (excluding diaryl/α,β-unsaturated/α-hetero) is 1. The van der Waals surface area contributed by atoms with E-state index in [2.05, 4.69) is 0 Å². The number of ketones is 1. The molecular formula is C15H12O3. The van der Waals surface area contributed by atoms with Gasteiger partial charge in [-0.1, -0.05) is 36.4 Å². The van der Waals surface area contributed by atoms with Crippen molar-refractivity contribution in [3.05, 3.63) is 54.1 Å². The molecule has 0 unspecified atom stereocenters. The maximum Gasteiger partial charge on any atom is 0.225 e. The highest BCUT2D eigenvalue weighted by molar-refractivity contribution is 6.33. The minimum atomic E-state index is -0.522. The SMILES string of the molecule is COc1ccccc1-c1cccc(C(=O)C=O)c1. The molecule has 2 rings (SSSR count). The minimum absolute atomic E-state index is 0.321. The summed E-state index contributed by atoms with van der Waals surface area (Å²) in [5.41, 5.74) is 2.12. The Kier molecular flexibility index (Phi) is 3.53. The lowest BCUT2D eigenvalue weighted by Crippen LogP contribution is -1.99. The number of rotatable bonds is 4. The molecule has 0 spiro atoms. The zero-order valence-electron chi connectivity index (χ0n) is 9.92. The van der Waals surface area contributed by atoms with Crippen LogP contribution in [0.15, 0.2) is 48.5 Å². The largest absolute Gasteiger partial charge is 0.496 e. The molecule has 0 fully saturated rings. The van der Waals surface area contributed by atoms with Gasteiger partial charge >= 0.3 is 0 Å². The average molecular weight is 240 g/mol. The predicted molar refractivity (Wildman–Crippen MR) is 68.8 cm³/mol. The summed E-state index contributed by atoms with van der Waals surface area (Å²) in [7, 11) is 1.60. The quantitative estimate of drug-likeness (QED) is 0.469. The molecule has 0 saturated carbocycles. The summed E-state index contributed by atoms with van der Waals surface area (Å²) in [5.74, 6) is 0.208. The lowest BCUT2D eigenvalue weighted by Gasteiger charge is -2.08. The topological polar surface area (TPSA) is 43.4 Å². The minimum Gasteiger partial charge on any atom is -0.496 e. The monoisotopic (exact) mass is 240 g/mol. The fraction of sp³-hybridized carbons (Fsp3) is 0.0667. The Morgan fingerprint density at radius 3 is 2.61 bits per heavy atom. The number of benzene rings is 2. The van der Waals surface area contributed by atoms with Crippen molar-refractivity contribution in [2.24, 2.45) is 0 Å². The molecule has 3 heteroatoms. The third-order valence-corrected chi connectivity index (χ3v) is 2.67. The number of methoxy groups -OCH3 is 1. The molecule has 0 bridgehead atoms. The summed E-state index contributed by atoms with van der Waals surface area (Å²) in [5, 5.41) is 0. The van der Waals surface area contributed by atoms with E-state index in [9.17, 15) is 9.59 Å². The van der Waals surface area contributed by atoms with Crippen LogP contribution in [0.4, 0.5) is 0 Å².